The van der Waals surface area contributed by atoms with Crippen LogP contribution in [0.3, 0.4) is 0 Å². The summed E-state index contributed by atoms with van der Waals surface area (Å²) in [6.07, 6.45) is 0. The summed E-state index contributed by atoms with van der Waals surface area (Å²) in [6, 6.07) is 16.3. The summed E-state index contributed by atoms with van der Waals surface area (Å²) in [4.78, 5) is 9.56. The van der Waals surface area contributed by atoms with E-state index in [-0.39, 0.29) is 0 Å². The third kappa shape index (κ3) is 3.17. The number of methoxy groups -OCH3 is 1. The van der Waals surface area contributed by atoms with Gasteiger partial charge in [0.1, 0.15) is 11.6 Å². The summed E-state index contributed by atoms with van der Waals surface area (Å²) in [5, 5.41) is 10.0. The SMILES string of the molecule is COc1ccccc1N1CCN(Cc2nnc3c4ccccc4nc(C)n23)CC1. The Hall–Kier alpha value is -3.19. The Kier molecular flexibility index (Phi) is 4.52. The summed E-state index contributed by atoms with van der Waals surface area (Å²) >= 11 is 0. The van der Waals surface area contributed by atoms with Crippen LogP contribution in [0.2, 0.25) is 0 Å². The molecule has 1 aliphatic heterocycles. The molecule has 2 aromatic heterocycles. The zero-order valence-corrected chi connectivity index (χ0v) is 16.7. The molecule has 2 aromatic carbocycles. The Balaban J connectivity index is 1.36. The first-order valence-corrected chi connectivity index (χ1v) is 9.94. The van der Waals surface area contributed by atoms with Gasteiger partial charge in [-0.25, -0.2) is 4.98 Å². The number of benzene rings is 2. The molecule has 0 atom stereocenters. The first-order valence-electron chi connectivity index (χ1n) is 9.94. The van der Waals surface area contributed by atoms with E-state index in [2.05, 4.69) is 42.6 Å². The largest absolute Gasteiger partial charge is 0.495 e. The second kappa shape index (κ2) is 7.33. The van der Waals surface area contributed by atoms with Crippen LogP contribution in [0.5, 0.6) is 5.75 Å². The topological polar surface area (TPSA) is 58.8 Å². The lowest BCUT2D eigenvalue weighted by Crippen LogP contribution is -2.46. The van der Waals surface area contributed by atoms with Crippen molar-refractivity contribution in [3.8, 4) is 5.75 Å². The number of hydrogen-bond donors (Lipinski definition) is 0. The summed E-state index contributed by atoms with van der Waals surface area (Å²) in [5.74, 6) is 2.80. The maximum absolute atomic E-state index is 5.52. The molecule has 0 unspecified atom stereocenters. The number of nitrogens with zero attached hydrogens (tertiary/aromatic N) is 6. The van der Waals surface area contributed by atoms with Gasteiger partial charge in [0.25, 0.3) is 0 Å². The molecule has 7 heteroatoms. The van der Waals surface area contributed by atoms with E-state index in [1.807, 2.05) is 37.3 Å². The number of para-hydroxylation sites is 3. The van der Waals surface area contributed by atoms with E-state index in [9.17, 15) is 0 Å². The van der Waals surface area contributed by atoms with Crippen molar-refractivity contribution in [1.29, 1.82) is 0 Å². The standard InChI is InChI=1S/C22H24N6O/c1-16-23-18-8-4-3-7-17(18)22-25-24-21(28(16)22)15-26-11-13-27(14-12-26)19-9-5-6-10-20(19)29-2/h3-10H,11-15H2,1-2H3. The maximum atomic E-state index is 5.52. The number of rotatable bonds is 4. The molecular formula is C22H24N6O. The first-order chi connectivity index (χ1) is 14.2. The van der Waals surface area contributed by atoms with E-state index in [1.165, 1.54) is 0 Å². The summed E-state index contributed by atoms with van der Waals surface area (Å²) < 4.78 is 7.62. The Labute approximate surface area is 169 Å². The van der Waals surface area contributed by atoms with E-state index < -0.39 is 0 Å². The molecule has 1 fully saturated rings. The highest BCUT2D eigenvalue weighted by Gasteiger charge is 2.22. The summed E-state index contributed by atoms with van der Waals surface area (Å²) in [7, 11) is 1.73. The van der Waals surface area contributed by atoms with Crippen LogP contribution in [0.4, 0.5) is 5.69 Å². The number of anilines is 1. The molecule has 0 bridgehead atoms. The minimum atomic E-state index is 0.766. The Morgan fingerprint density at radius 3 is 2.52 bits per heavy atom. The highest BCUT2D eigenvalue weighted by molar-refractivity contribution is 5.91. The number of aryl methyl sites for hydroxylation is 1. The number of hydrogen-bond acceptors (Lipinski definition) is 6. The number of piperazine rings is 1. The van der Waals surface area contributed by atoms with Gasteiger partial charge in [0.15, 0.2) is 11.5 Å². The van der Waals surface area contributed by atoms with Crippen molar-refractivity contribution in [2.45, 2.75) is 13.5 Å². The van der Waals surface area contributed by atoms with Crippen LogP contribution in [0.25, 0.3) is 16.6 Å². The molecule has 3 heterocycles. The molecule has 0 aliphatic carbocycles. The van der Waals surface area contributed by atoms with Crippen molar-refractivity contribution in [2.24, 2.45) is 0 Å². The molecule has 0 radical (unpaired) electrons. The van der Waals surface area contributed by atoms with Crippen LogP contribution in [0.15, 0.2) is 48.5 Å². The van der Waals surface area contributed by atoms with Crippen LogP contribution in [-0.4, -0.2) is 57.8 Å². The molecule has 148 valence electrons. The van der Waals surface area contributed by atoms with E-state index in [4.69, 9.17) is 9.72 Å². The second-order valence-electron chi connectivity index (χ2n) is 7.39. The predicted octanol–water partition coefficient (Wildman–Crippen LogP) is 2.92. The zero-order valence-electron chi connectivity index (χ0n) is 16.7. The third-order valence-corrected chi connectivity index (χ3v) is 5.64. The Morgan fingerprint density at radius 1 is 0.931 bits per heavy atom. The fourth-order valence-electron chi connectivity index (χ4n) is 4.16. The molecule has 29 heavy (non-hydrogen) atoms. The van der Waals surface area contributed by atoms with E-state index in [0.29, 0.717) is 0 Å². The highest BCUT2D eigenvalue weighted by Crippen LogP contribution is 2.28. The maximum Gasteiger partial charge on any atom is 0.171 e. The third-order valence-electron chi connectivity index (χ3n) is 5.64. The van der Waals surface area contributed by atoms with Gasteiger partial charge in [-0.05, 0) is 31.2 Å². The molecular weight excluding hydrogens is 364 g/mol. The van der Waals surface area contributed by atoms with Crippen molar-refractivity contribution in [3.05, 3.63) is 60.2 Å². The van der Waals surface area contributed by atoms with Crippen LogP contribution in [0, 0.1) is 6.92 Å². The highest BCUT2D eigenvalue weighted by atomic mass is 16.5. The lowest BCUT2D eigenvalue weighted by molar-refractivity contribution is 0.242. The molecule has 1 saturated heterocycles. The fraction of sp³-hybridized carbons (Fsp3) is 0.318. The van der Waals surface area contributed by atoms with Crippen molar-refractivity contribution in [2.75, 3.05) is 38.2 Å². The van der Waals surface area contributed by atoms with Crippen molar-refractivity contribution < 1.29 is 4.74 Å². The summed E-state index contributed by atoms with van der Waals surface area (Å²) in [6.45, 7) is 6.63. The van der Waals surface area contributed by atoms with E-state index >= 15 is 0 Å². The van der Waals surface area contributed by atoms with Gasteiger partial charge in [-0.1, -0.05) is 24.3 Å². The van der Waals surface area contributed by atoms with Crippen LogP contribution >= 0.6 is 0 Å². The van der Waals surface area contributed by atoms with Crippen LogP contribution in [0.1, 0.15) is 11.6 Å². The lowest BCUT2D eigenvalue weighted by atomic mass is 10.2. The molecule has 5 rings (SSSR count). The molecule has 0 amide bonds. The Morgan fingerprint density at radius 2 is 1.69 bits per heavy atom. The van der Waals surface area contributed by atoms with Gasteiger partial charge in [-0.2, -0.15) is 0 Å². The normalized spacial score (nSPS) is 15.3. The van der Waals surface area contributed by atoms with Gasteiger partial charge in [0.2, 0.25) is 0 Å². The minimum absolute atomic E-state index is 0.766. The molecule has 4 aromatic rings. The first kappa shape index (κ1) is 17.9. The molecule has 7 nitrogen and oxygen atoms in total. The number of ether oxygens (including phenoxy) is 1. The Bertz CT molecular complexity index is 1160. The zero-order chi connectivity index (χ0) is 19.8. The molecule has 0 N–H and O–H groups in total. The quantitative estimate of drug-likeness (QED) is 0.536. The van der Waals surface area contributed by atoms with E-state index in [0.717, 1.165) is 72.4 Å². The smallest absolute Gasteiger partial charge is 0.171 e. The molecule has 0 spiro atoms. The van der Waals surface area contributed by atoms with Crippen molar-refractivity contribution in [3.63, 3.8) is 0 Å². The number of fused-ring (bicyclic) bond motifs is 3. The molecule has 1 aliphatic rings. The summed E-state index contributed by atoms with van der Waals surface area (Å²) in [5.41, 5.74) is 3.01. The van der Waals surface area contributed by atoms with Crippen molar-refractivity contribution in [1.82, 2.24) is 24.5 Å². The molecule has 0 saturated carbocycles. The van der Waals surface area contributed by atoms with Gasteiger partial charge >= 0.3 is 0 Å². The fourth-order valence-corrected chi connectivity index (χ4v) is 4.16. The second-order valence-corrected chi connectivity index (χ2v) is 7.39. The van der Waals surface area contributed by atoms with Gasteiger partial charge in [0, 0.05) is 31.6 Å². The minimum Gasteiger partial charge on any atom is -0.495 e. The van der Waals surface area contributed by atoms with Gasteiger partial charge < -0.3 is 9.64 Å². The van der Waals surface area contributed by atoms with Gasteiger partial charge in [0.05, 0.1) is 24.9 Å². The van der Waals surface area contributed by atoms with E-state index in [1.54, 1.807) is 7.11 Å². The lowest BCUT2D eigenvalue weighted by Gasteiger charge is -2.36. The van der Waals surface area contributed by atoms with Crippen LogP contribution < -0.4 is 9.64 Å². The monoisotopic (exact) mass is 388 g/mol. The van der Waals surface area contributed by atoms with Gasteiger partial charge in [-0.3, -0.25) is 9.30 Å². The van der Waals surface area contributed by atoms with Crippen LogP contribution in [-0.2, 0) is 6.54 Å². The van der Waals surface area contributed by atoms with Gasteiger partial charge in [-0.15, -0.1) is 10.2 Å². The predicted molar refractivity (Wildman–Crippen MR) is 114 cm³/mol. The van der Waals surface area contributed by atoms with Crippen molar-refractivity contribution >= 4 is 22.2 Å². The average molecular weight is 388 g/mol. The average Bonchev–Trinajstić information content (AvgIpc) is 3.19. The number of aromatic nitrogens is 4.